The minimum absolute atomic E-state index is 0.0532. The van der Waals surface area contributed by atoms with Crippen molar-refractivity contribution in [2.24, 2.45) is 5.92 Å². The Balaban J connectivity index is 1.52. The summed E-state index contributed by atoms with van der Waals surface area (Å²) in [6, 6.07) is 13.7. The smallest absolute Gasteiger partial charge is 0.338 e. The van der Waals surface area contributed by atoms with Crippen LogP contribution in [0.4, 0.5) is 5.69 Å². The van der Waals surface area contributed by atoms with Gasteiger partial charge >= 0.3 is 5.97 Å². The molecular weight excluding hydrogens is 442 g/mol. The number of carbonyl (C=O) groups excluding carboxylic acids is 2. The van der Waals surface area contributed by atoms with Gasteiger partial charge in [-0.05, 0) is 61.7 Å². The van der Waals surface area contributed by atoms with Gasteiger partial charge in [-0.15, -0.1) is 0 Å². The van der Waals surface area contributed by atoms with Crippen molar-refractivity contribution in [3.63, 3.8) is 0 Å². The van der Waals surface area contributed by atoms with Gasteiger partial charge in [0.15, 0.2) is 0 Å². The molecule has 2 aromatic carbocycles. The van der Waals surface area contributed by atoms with E-state index in [0.29, 0.717) is 24.9 Å². The first-order valence-electron chi connectivity index (χ1n) is 11.0. The maximum atomic E-state index is 13.0. The first-order valence-corrected chi connectivity index (χ1v) is 12.5. The second kappa shape index (κ2) is 10.8. The zero-order chi connectivity index (χ0) is 24.0. The maximum Gasteiger partial charge on any atom is 0.338 e. The van der Waals surface area contributed by atoms with Gasteiger partial charge in [-0.2, -0.15) is 4.31 Å². The summed E-state index contributed by atoms with van der Waals surface area (Å²) in [6.07, 6.45) is 0.928. The summed E-state index contributed by atoms with van der Waals surface area (Å²) in [5.41, 5.74) is 2.41. The Morgan fingerprint density at radius 3 is 2.18 bits per heavy atom. The molecular formula is C24H31N3O5S. The highest BCUT2D eigenvalue weighted by Gasteiger charge is 2.32. The number of rotatable bonds is 8. The highest BCUT2D eigenvalue weighted by molar-refractivity contribution is 7.89. The summed E-state index contributed by atoms with van der Waals surface area (Å²) in [5, 5.41) is 2.97. The normalized spacial score (nSPS) is 15.1. The molecule has 1 aliphatic rings. The summed E-state index contributed by atoms with van der Waals surface area (Å²) in [5.74, 6) is -0.756. The molecule has 0 atom stereocenters. The van der Waals surface area contributed by atoms with E-state index in [1.807, 2.05) is 43.3 Å². The standard InChI is InChI=1S/C24H31N3O5S/c1-4-32-24(29)20-7-11-22(12-8-20)33(30,31)27-15-13-19(14-16-27)23(28)25-17-18-5-9-21(10-6-18)26(2)3/h5-12,19H,4,13-17H2,1-3H3,(H,25,28). The van der Waals surface area contributed by atoms with E-state index in [0.717, 1.165) is 11.3 Å². The monoisotopic (exact) mass is 473 g/mol. The van der Waals surface area contributed by atoms with Crippen LogP contribution in [-0.2, 0) is 26.1 Å². The average molecular weight is 474 g/mol. The van der Waals surface area contributed by atoms with Crippen LogP contribution < -0.4 is 10.2 Å². The minimum atomic E-state index is -3.69. The van der Waals surface area contributed by atoms with Crippen molar-refractivity contribution in [3.05, 3.63) is 59.7 Å². The quantitative estimate of drug-likeness (QED) is 0.592. The van der Waals surface area contributed by atoms with Crippen molar-refractivity contribution in [2.75, 3.05) is 38.7 Å². The lowest BCUT2D eigenvalue weighted by molar-refractivity contribution is -0.126. The largest absolute Gasteiger partial charge is 0.462 e. The molecule has 0 saturated carbocycles. The van der Waals surface area contributed by atoms with E-state index in [4.69, 9.17) is 4.74 Å². The Bertz CT molecular complexity index is 1060. The molecule has 0 spiro atoms. The molecule has 0 bridgehead atoms. The Hall–Kier alpha value is -2.91. The molecule has 3 rings (SSSR count). The van der Waals surface area contributed by atoms with Gasteiger partial charge in [0.05, 0.1) is 17.1 Å². The van der Waals surface area contributed by atoms with Crippen LogP contribution in [0, 0.1) is 5.92 Å². The number of ether oxygens (including phenoxy) is 1. The van der Waals surface area contributed by atoms with Crippen molar-refractivity contribution in [1.29, 1.82) is 0 Å². The van der Waals surface area contributed by atoms with E-state index in [2.05, 4.69) is 5.32 Å². The molecule has 1 fully saturated rings. The van der Waals surface area contributed by atoms with Crippen LogP contribution in [0.1, 0.15) is 35.7 Å². The highest BCUT2D eigenvalue weighted by Crippen LogP contribution is 2.24. The summed E-state index contributed by atoms with van der Waals surface area (Å²) in [4.78, 5) is 26.5. The van der Waals surface area contributed by atoms with Gasteiger partial charge in [-0.3, -0.25) is 4.79 Å². The van der Waals surface area contributed by atoms with E-state index in [-0.39, 0.29) is 36.4 Å². The predicted octanol–water partition coefficient (Wildman–Crippen LogP) is 2.65. The van der Waals surface area contributed by atoms with Gasteiger partial charge < -0.3 is 15.0 Å². The second-order valence-electron chi connectivity index (χ2n) is 8.20. The van der Waals surface area contributed by atoms with Gasteiger partial charge in [0.25, 0.3) is 0 Å². The van der Waals surface area contributed by atoms with Crippen LogP contribution in [0.3, 0.4) is 0 Å². The molecule has 1 aliphatic heterocycles. The Morgan fingerprint density at radius 1 is 1.03 bits per heavy atom. The van der Waals surface area contributed by atoms with Gasteiger partial charge in [0.2, 0.25) is 15.9 Å². The molecule has 0 unspecified atom stereocenters. The molecule has 1 amide bonds. The molecule has 0 radical (unpaired) electrons. The summed E-state index contributed by atoms with van der Waals surface area (Å²) >= 11 is 0. The first kappa shape index (κ1) is 24.7. The number of piperidine rings is 1. The summed E-state index contributed by atoms with van der Waals surface area (Å²) in [7, 11) is 0.261. The molecule has 178 valence electrons. The third kappa shape index (κ3) is 6.11. The fourth-order valence-electron chi connectivity index (χ4n) is 3.73. The fraction of sp³-hybridized carbons (Fsp3) is 0.417. The second-order valence-corrected chi connectivity index (χ2v) is 10.1. The number of sulfonamides is 1. The number of amides is 1. The fourth-order valence-corrected chi connectivity index (χ4v) is 5.20. The minimum Gasteiger partial charge on any atom is -0.462 e. The Labute approximate surface area is 195 Å². The number of benzene rings is 2. The molecule has 1 heterocycles. The summed E-state index contributed by atoms with van der Waals surface area (Å²) in [6.45, 7) is 2.96. The predicted molar refractivity (Wildman–Crippen MR) is 126 cm³/mol. The third-order valence-corrected chi connectivity index (χ3v) is 7.66. The van der Waals surface area contributed by atoms with Crippen LogP contribution in [-0.4, -0.2) is 58.4 Å². The van der Waals surface area contributed by atoms with Crippen LogP contribution in [0.15, 0.2) is 53.4 Å². The van der Waals surface area contributed by atoms with Gasteiger partial charge in [-0.25, -0.2) is 13.2 Å². The van der Waals surface area contributed by atoms with Gasteiger partial charge in [0.1, 0.15) is 0 Å². The molecule has 33 heavy (non-hydrogen) atoms. The molecule has 9 heteroatoms. The van der Waals surface area contributed by atoms with Crippen LogP contribution in [0.25, 0.3) is 0 Å². The number of anilines is 1. The van der Waals surface area contributed by atoms with Gasteiger partial charge in [0, 0.05) is 45.3 Å². The van der Waals surface area contributed by atoms with Crippen LogP contribution >= 0.6 is 0 Å². The zero-order valence-corrected chi connectivity index (χ0v) is 20.1. The Kier molecular flexibility index (Phi) is 8.10. The van der Waals surface area contributed by atoms with Crippen molar-refractivity contribution < 1.29 is 22.7 Å². The number of nitrogens with one attached hydrogen (secondary N) is 1. The maximum absolute atomic E-state index is 13.0. The molecule has 0 aliphatic carbocycles. The molecule has 1 saturated heterocycles. The lowest BCUT2D eigenvalue weighted by Gasteiger charge is -2.30. The topological polar surface area (TPSA) is 96.0 Å². The molecule has 2 aromatic rings. The third-order valence-electron chi connectivity index (χ3n) is 5.75. The van der Waals surface area contributed by atoms with E-state index in [9.17, 15) is 18.0 Å². The van der Waals surface area contributed by atoms with Crippen LogP contribution in [0.2, 0.25) is 0 Å². The Morgan fingerprint density at radius 2 is 1.64 bits per heavy atom. The first-order chi connectivity index (χ1) is 15.7. The molecule has 8 nitrogen and oxygen atoms in total. The molecule has 0 aromatic heterocycles. The average Bonchev–Trinajstić information content (AvgIpc) is 2.83. The van der Waals surface area contributed by atoms with Crippen molar-refractivity contribution in [3.8, 4) is 0 Å². The van der Waals surface area contributed by atoms with Crippen LogP contribution in [0.5, 0.6) is 0 Å². The van der Waals surface area contributed by atoms with Crippen molar-refractivity contribution in [1.82, 2.24) is 9.62 Å². The number of nitrogens with zero attached hydrogens (tertiary/aromatic N) is 2. The highest BCUT2D eigenvalue weighted by atomic mass is 32.2. The van der Waals surface area contributed by atoms with E-state index >= 15 is 0 Å². The van der Waals surface area contributed by atoms with Crippen molar-refractivity contribution in [2.45, 2.75) is 31.2 Å². The van der Waals surface area contributed by atoms with Gasteiger partial charge in [-0.1, -0.05) is 12.1 Å². The number of carbonyl (C=O) groups is 2. The number of hydrogen-bond acceptors (Lipinski definition) is 6. The lowest BCUT2D eigenvalue weighted by atomic mass is 9.97. The number of hydrogen-bond donors (Lipinski definition) is 1. The number of esters is 1. The summed E-state index contributed by atoms with van der Waals surface area (Å²) < 4.78 is 32.3. The van der Waals surface area contributed by atoms with E-state index in [1.54, 1.807) is 6.92 Å². The zero-order valence-electron chi connectivity index (χ0n) is 19.3. The van der Waals surface area contributed by atoms with E-state index in [1.165, 1.54) is 28.6 Å². The van der Waals surface area contributed by atoms with E-state index < -0.39 is 16.0 Å². The molecule has 1 N–H and O–H groups in total. The lowest BCUT2D eigenvalue weighted by Crippen LogP contribution is -2.42. The van der Waals surface area contributed by atoms with Crippen molar-refractivity contribution >= 4 is 27.6 Å². The SMILES string of the molecule is CCOC(=O)c1ccc(S(=O)(=O)N2CCC(C(=O)NCc3ccc(N(C)C)cc3)CC2)cc1.